The largest absolute Gasteiger partial charge is 0.466 e. The molecule has 0 saturated carbocycles. The lowest BCUT2D eigenvalue weighted by atomic mass is 9.74. The normalized spacial score (nSPS) is 29.1. The zero-order valence-electron chi connectivity index (χ0n) is 9.54. The molecule has 2 heteroatoms. The minimum Gasteiger partial charge on any atom is -0.466 e. The SMILES string of the molecule is CCOC(=O)CC1C=CC(C)C1(C)C. The monoisotopic (exact) mass is 196 g/mol. The molecule has 1 rings (SSSR count). The second-order valence-electron chi connectivity index (χ2n) is 4.61. The van der Waals surface area contributed by atoms with E-state index < -0.39 is 0 Å². The quantitative estimate of drug-likeness (QED) is 0.512. The Labute approximate surface area is 86.3 Å². The number of ether oxygens (including phenoxy) is 1. The molecule has 2 nitrogen and oxygen atoms in total. The Balaban J connectivity index is 2.54. The van der Waals surface area contributed by atoms with E-state index in [4.69, 9.17) is 4.74 Å². The molecule has 2 unspecified atom stereocenters. The standard InChI is InChI=1S/C12H20O2/c1-5-14-11(13)8-10-7-6-9(2)12(10,3)4/h6-7,9-10H,5,8H2,1-4H3. The first-order valence-electron chi connectivity index (χ1n) is 5.32. The number of hydrogen-bond acceptors (Lipinski definition) is 2. The summed E-state index contributed by atoms with van der Waals surface area (Å²) in [7, 11) is 0. The van der Waals surface area contributed by atoms with Gasteiger partial charge in [0.15, 0.2) is 0 Å². The first kappa shape index (κ1) is 11.3. The topological polar surface area (TPSA) is 26.3 Å². The number of allylic oxidation sites excluding steroid dienone is 2. The van der Waals surface area contributed by atoms with E-state index in [-0.39, 0.29) is 11.4 Å². The van der Waals surface area contributed by atoms with Crippen molar-refractivity contribution in [3.63, 3.8) is 0 Å². The molecule has 0 aromatic rings. The Bertz CT molecular complexity index is 241. The molecule has 0 aromatic heterocycles. The van der Waals surface area contributed by atoms with Gasteiger partial charge in [0.1, 0.15) is 0 Å². The molecular weight excluding hydrogens is 176 g/mol. The van der Waals surface area contributed by atoms with Crippen LogP contribution in [0, 0.1) is 17.3 Å². The smallest absolute Gasteiger partial charge is 0.306 e. The van der Waals surface area contributed by atoms with Crippen LogP contribution in [0.3, 0.4) is 0 Å². The Kier molecular flexibility index (Phi) is 3.35. The van der Waals surface area contributed by atoms with Gasteiger partial charge in [-0.1, -0.05) is 32.9 Å². The van der Waals surface area contributed by atoms with Crippen LogP contribution in [0.4, 0.5) is 0 Å². The molecule has 0 amide bonds. The van der Waals surface area contributed by atoms with Crippen LogP contribution in [-0.4, -0.2) is 12.6 Å². The van der Waals surface area contributed by atoms with Gasteiger partial charge in [-0.2, -0.15) is 0 Å². The molecule has 0 bridgehead atoms. The summed E-state index contributed by atoms with van der Waals surface area (Å²) in [6, 6.07) is 0. The first-order chi connectivity index (χ1) is 6.48. The molecule has 1 aliphatic carbocycles. The fourth-order valence-corrected chi connectivity index (χ4v) is 1.87. The van der Waals surface area contributed by atoms with Gasteiger partial charge in [0, 0.05) is 0 Å². The van der Waals surface area contributed by atoms with E-state index in [0.29, 0.717) is 24.9 Å². The third-order valence-corrected chi connectivity index (χ3v) is 3.45. The Morgan fingerprint density at radius 2 is 2.07 bits per heavy atom. The van der Waals surface area contributed by atoms with Crippen molar-refractivity contribution in [1.82, 2.24) is 0 Å². The van der Waals surface area contributed by atoms with Crippen molar-refractivity contribution in [3.8, 4) is 0 Å². The van der Waals surface area contributed by atoms with Crippen molar-refractivity contribution in [2.45, 2.75) is 34.1 Å². The van der Waals surface area contributed by atoms with Crippen LogP contribution in [0.2, 0.25) is 0 Å². The van der Waals surface area contributed by atoms with Crippen molar-refractivity contribution in [2.24, 2.45) is 17.3 Å². The van der Waals surface area contributed by atoms with Crippen molar-refractivity contribution >= 4 is 5.97 Å². The predicted octanol–water partition coefficient (Wildman–Crippen LogP) is 2.79. The second-order valence-corrected chi connectivity index (χ2v) is 4.61. The Morgan fingerprint density at radius 3 is 2.50 bits per heavy atom. The molecule has 0 heterocycles. The zero-order valence-corrected chi connectivity index (χ0v) is 9.54. The number of esters is 1. The van der Waals surface area contributed by atoms with Gasteiger partial charge in [-0.05, 0) is 24.2 Å². The fraction of sp³-hybridized carbons (Fsp3) is 0.750. The maximum atomic E-state index is 11.3. The molecule has 1 aliphatic rings. The first-order valence-corrected chi connectivity index (χ1v) is 5.32. The molecule has 0 aliphatic heterocycles. The summed E-state index contributed by atoms with van der Waals surface area (Å²) in [6.45, 7) is 8.94. The van der Waals surface area contributed by atoms with E-state index in [9.17, 15) is 4.79 Å². The summed E-state index contributed by atoms with van der Waals surface area (Å²) in [5, 5.41) is 0. The van der Waals surface area contributed by atoms with E-state index in [1.54, 1.807) is 0 Å². The highest BCUT2D eigenvalue weighted by Gasteiger charge is 2.37. The van der Waals surface area contributed by atoms with E-state index in [1.165, 1.54) is 0 Å². The summed E-state index contributed by atoms with van der Waals surface area (Å²) in [5.74, 6) is 0.794. The maximum absolute atomic E-state index is 11.3. The van der Waals surface area contributed by atoms with E-state index in [2.05, 4.69) is 32.9 Å². The van der Waals surface area contributed by atoms with Crippen molar-refractivity contribution < 1.29 is 9.53 Å². The number of rotatable bonds is 3. The lowest BCUT2D eigenvalue weighted by Crippen LogP contribution is -2.26. The molecule has 0 aromatic carbocycles. The molecular formula is C12H20O2. The molecule has 80 valence electrons. The molecule has 0 saturated heterocycles. The van der Waals surface area contributed by atoms with Crippen LogP contribution in [0.5, 0.6) is 0 Å². The van der Waals surface area contributed by atoms with Gasteiger partial charge in [0.05, 0.1) is 13.0 Å². The predicted molar refractivity (Wildman–Crippen MR) is 56.8 cm³/mol. The van der Waals surface area contributed by atoms with E-state index >= 15 is 0 Å². The van der Waals surface area contributed by atoms with Gasteiger partial charge in [-0.3, -0.25) is 4.79 Å². The van der Waals surface area contributed by atoms with Gasteiger partial charge in [-0.25, -0.2) is 0 Å². The molecule has 0 N–H and O–H groups in total. The third kappa shape index (κ3) is 2.17. The maximum Gasteiger partial charge on any atom is 0.306 e. The van der Waals surface area contributed by atoms with Crippen LogP contribution in [0.1, 0.15) is 34.1 Å². The third-order valence-electron chi connectivity index (χ3n) is 3.45. The van der Waals surface area contributed by atoms with Crippen LogP contribution < -0.4 is 0 Å². The van der Waals surface area contributed by atoms with Gasteiger partial charge >= 0.3 is 5.97 Å². The number of carbonyl (C=O) groups excluding carboxylic acids is 1. The average Bonchev–Trinajstić information content (AvgIpc) is 2.32. The summed E-state index contributed by atoms with van der Waals surface area (Å²) in [4.78, 5) is 11.3. The van der Waals surface area contributed by atoms with Crippen LogP contribution in [-0.2, 0) is 9.53 Å². The molecule has 0 fully saturated rings. The van der Waals surface area contributed by atoms with Crippen LogP contribution in [0.15, 0.2) is 12.2 Å². The van der Waals surface area contributed by atoms with E-state index in [0.717, 1.165) is 0 Å². The van der Waals surface area contributed by atoms with Crippen LogP contribution in [0.25, 0.3) is 0 Å². The highest BCUT2D eigenvalue weighted by Crippen LogP contribution is 2.43. The summed E-state index contributed by atoms with van der Waals surface area (Å²) >= 11 is 0. The van der Waals surface area contributed by atoms with Crippen molar-refractivity contribution in [2.75, 3.05) is 6.61 Å². The second kappa shape index (κ2) is 4.16. The van der Waals surface area contributed by atoms with Gasteiger partial charge in [-0.15, -0.1) is 0 Å². The van der Waals surface area contributed by atoms with Gasteiger partial charge in [0.2, 0.25) is 0 Å². The van der Waals surface area contributed by atoms with Crippen molar-refractivity contribution in [3.05, 3.63) is 12.2 Å². The fourth-order valence-electron chi connectivity index (χ4n) is 1.87. The van der Waals surface area contributed by atoms with Crippen molar-refractivity contribution in [1.29, 1.82) is 0 Å². The lowest BCUT2D eigenvalue weighted by Gasteiger charge is -2.30. The molecule has 0 spiro atoms. The molecule has 0 radical (unpaired) electrons. The van der Waals surface area contributed by atoms with E-state index in [1.807, 2.05) is 6.92 Å². The molecule has 14 heavy (non-hydrogen) atoms. The van der Waals surface area contributed by atoms with Gasteiger partial charge < -0.3 is 4.74 Å². The summed E-state index contributed by atoms with van der Waals surface area (Å²) in [5.41, 5.74) is 0.187. The molecule has 2 atom stereocenters. The minimum atomic E-state index is -0.0793. The average molecular weight is 196 g/mol. The lowest BCUT2D eigenvalue weighted by molar-refractivity contribution is -0.144. The summed E-state index contributed by atoms with van der Waals surface area (Å²) < 4.78 is 4.96. The minimum absolute atomic E-state index is 0.0793. The highest BCUT2D eigenvalue weighted by atomic mass is 16.5. The Morgan fingerprint density at radius 1 is 1.43 bits per heavy atom. The Hall–Kier alpha value is -0.790. The number of carbonyl (C=O) groups is 1. The van der Waals surface area contributed by atoms with Crippen LogP contribution >= 0.6 is 0 Å². The zero-order chi connectivity index (χ0) is 10.8. The highest BCUT2D eigenvalue weighted by molar-refractivity contribution is 5.70. The van der Waals surface area contributed by atoms with Gasteiger partial charge in [0.25, 0.3) is 0 Å². The summed E-state index contributed by atoms with van der Waals surface area (Å²) in [6.07, 6.45) is 4.87. The number of hydrogen-bond donors (Lipinski definition) is 0.